The lowest BCUT2D eigenvalue weighted by Gasteiger charge is -2.11. The van der Waals surface area contributed by atoms with Gasteiger partial charge in [0.05, 0.1) is 13.7 Å². The first kappa shape index (κ1) is 12.8. The van der Waals surface area contributed by atoms with E-state index in [0.29, 0.717) is 11.5 Å². The Morgan fingerprint density at radius 2 is 1.94 bits per heavy atom. The minimum absolute atomic E-state index is 0.0184. The Balaban J connectivity index is 2.71. The molecule has 4 heteroatoms. The van der Waals surface area contributed by atoms with Gasteiger partial charge in [-0.25, -0.2) is 0 Å². The van der Waals surface area contributed by atoms with E-state index in [-0.39, 0.29) is 19.8 Å². The molecule has 0 aliphatic heterocycles. The van der Waals surface area contributed by atoms with Gasteiger partial charge in [0.25, 0.3) is 0 Å². The Hall–Kier alpha value is -1.26. The van der Waals surface area contributed by atoms with Crippen molar-refractivity contribution in [1.82, 2.24) is 0 Å². The topological polar surface area (TPSA) is 58.9 Å². The zero-order valence-corrected chi connectivity index (χ0v) is 9.48. The standard InChI is InChI=1S/C12H18O4/c1-15-12-9-10(3-2-6-13)4-5-11(12)16-8-7-14/h4-5,9,13-14H,2-3,6-8H2,1H3. The summed E-state index contributed by atoms with van der Waals surface area (Å²) in [5.74, 6) is 1.29. The van der Waals surface area contributed by atoms with Crippen molar-refractivity contribution in [3.05, 3.63) is 23.8 Å². The highest BCUT2D eigenvalue weighted by atomic mass is 16.5. The second kappa shape index (κ2) is 7.09. The summed E-state index contributed by atoms with van der Waals surface area (Å²) in [4.78, 5) is 0. The second-order valence-corrected chi connectivity index (χ2v) is 3.38. The molecule has 0 unspecified atom stereocenters. The van der Waals surface area contributed by atoms with Crippen LogP contribution in [0.1, 0.15) is 12.0 Å². The molecule has 1 rings (SSSR count). The molecule has 0 radical (unpaired) electrons. The lowest BCUT2D eigenvalue weighted by atomic mass is 10.1. The Bertz CT molecular complexity index is 312. The van der Waals surface area contributed by atoms with Crippen LogP contribution in [0.4, 0.5) is 0 Å². The summed E-state index contributed by atoms with van der Waals surface area (Å²) in [7, 11) is 1.58. The maximum atomic E-state index is 8.74. The maximum absolute atomic E-state index is 8.74. The summed E-state index contributed by atoms with van der Waals surface area (Å²) >= 11 is 0. The van der Waals surface area contributed by atoms with E-state index in [1.54, 1.807) is 7.11 Å². The molecule has 0 spiro atoms. The molecule has 0 saturated heterocycles. The highest BCUT2D eigenvalue weighted by Gasteiger charge is 2.05. The third-order valence-corrected chi connectivity index (χ3v) is 2.20. The zero-order chi connectivity index (χ0) is 11.8. The van der Waals surface area contributed by atoms with Crippen molar-refractivity contribution in [2.24, 2.45) is 0 Å². The highest BCUT2D eigenvalue weighted by molar-refractivity contribution is 5.43. The summed E-state index contributed by atoms with van der Waals surface area (Å²) in [5, 5.41) is 17.4. The predicted molar refractivity (Wildman–Crippen MR) is 61.0 cm³/mol. The van der Waals surface area contributed by atoms with Crippen LogP contribution in [0.25, 0.3) is 0 Å². The lowest BCUT2D eigenvalue weighted by Crippen LogP contribution is -2.03. The molecule has 0 fully saturated rings. The molecule has 0 bridgehead atoms. The van der Waals surface area contributed by atoms with E-state index in [0.717, 1.165) is 18.4 Å². The van der Waals surface area contributed by atoms with Crippen molar-refractivity contribution in [3.8, 4) is 11.5 Å². The minimum atomic E-state index is -0.0184. The molecular formula is C12H18O4. The lowest BCUT2D eigenvalue weighted by molar-refractivity contribution is 0.196. The van der Waals surface area contributed by atoms with E-state index in [9.17, 15) is 0 Å². The van der Waals surface area contributed by atoms with Gasteiger partial charge in [0.1, 0.15) is 6.61 Å². The minimum Gasteiger partial charge on any atom is -0.493 e. The van der Waals surface area contributed by atoms with Crippen LogP contribution in [-0.2, 0) is 6.42 Å². The fourth-order valence-corrected chi connectivity index (χ4v) is 1.43. The van der Waals surface area contributed by atoms with E-state index in [1.807, 2.05) is 18.2 Å². The molecule has 4 nitrogen and oxygen atoms in total. The molecule has 0 aliphatic carbocycles. The van der Waals surface area contributed by atoms with E-state index >= 15 is 0 Å². The normalized spacial score (nSPS) is 10.2. The molecule has 0 atom stereocenters. The first-order valence-electron chi connectivity index (χ1n) is 5.33. The molecule has 0 aliphatic rings. The first-order chi connectivity index (χ1) is 7.81. The Morgan fingerprint density at radius 3 is 2.56 bits per heavy atom. The summed E-state index contributed by atoms with van der Waals surface area (Å²) in [5.41, 5.74) is 1.10. The van der Waals surface area contributed by atoms with Crippen LogP contribution in [0.5, 0.6) is 11.5 Å². The van der Waals surface area contributed by atoms with E-state index in [2.05, 4.69) is 0 Å². The molecule has 0 aromatic heterocycles. The average Bonchev–Trinajstić information content (AvgIpc) is 2.34. The highest BCUT2D eigenvalue weighted by Crippen LogP contribution is 2.28. The van der Waals surface area contributed by atoms with Gasteiger partial charge in [-0.1, -0.05) is 6.07 Å². The van der Waals surface area contributed by atoms with E-state index in [4.69, 9.17) is 19.7 Å². The number of benzene rings is 1. The van der Waals surface area contributed by atoms with Gasteiger partial charge in [-0.15, -0.1) is 0 Å². The predicted octanol–water partition coefficient (Wildman–Crippen LogP) is 0.991. The van der Waals surface area contributed by atoms with Crippen molar-refractivity contribution < 1.29 is 19.7 Å². The third kappa shape index (κ3) is 3.72. The second-order valence-electron chi connectivity index (χ2n) is 3.38. The van der Waals surface area contributed by atoms with Crippen molar-refractivity contribution in [1.29, 1.82) is 0 Å². The Labute approximate surface area is 95.4 Å². The van der Waals surface area contributed by atoms with Crippen molar-refractivity contribution in [2.75, 3.05) is 26.9 Å². The number of aliphatic hydroxyl groups is 2. The van der Waals surface area contributed by atoms with Crippen molar-refractivity contribution >= 4 is 0 Å². The van der Waals surface area contributed by atoms with Crippen molar-refractivity contribution in [2.45, 2.75) is 12.8 Å². The van der Waals surface area contributed by atoms with Crippen molar-refractivity contribution in [3.63, 3.8) is 0 Å². The monoisotopic (exact) mass is 226 g/mol. The molecule has 0 heterocycles. The first-order valence-corrected chi connectivity index (χ1v) is 5.33. The number of aryl methyl sites for hydroxylation is 1. The van der Waals surface area contributed by atoms with Gasteiger partial charge in [-0.2, -0.15) is 0 Å². The van der Waals surface area contributed by atoms with Crippen LogP contribution in [0.2, 0.25) is 0 Å². The SMILES string of the molecule is COc1cc(CCCO)ccc1OCCO. The maximum Gasteiger partial charge on any atom is 0.161 e. The van der Waals surface area contributed by atoms with Gasteiger partial charge in [0, 0.05) is 6.61 Å². The zero-order valence-electron chi connectivity index (χ0n) is 9.48. The molecule has 16 heavy (non-hydrogen) atoms. The van der Waals surface area contributed by atoms with Gasteiger partial charge < -0.3 is 19.7 Å². The molecule has 1 aromatic carbocycles. The number of aliphatic hydroxyl groups excluding tert-OH is 2. The smallest absolute Gasteiger partial charge is 0.161 e. The Morgan fingerprint density at radius 1 is 1.12 bits per heavy atom. The number of methoxy groups -OCH3 is 1. The molecule has 2 N–H and O–H groups in total. The number of hydrogen-bond donors (Lipinski definition) is 2. The largest absolute Gasteiger partial charge is 0.493 e. The number of rotatable bonds is 7. The van der Waals surface area contributed by atoms with Crippen LogP contribution in [0, 0.1) is 0 Å². The van der Waals surface area contributed by atoms with Gasteiger partial charge in [0.15, 0.2) is 11.5 Å². The number of ether oxygens (including phenoxy) is 2. The Kier molecular flexibility index (Phi) is 5.67. The summed E-state index contributed by atoms with van der Waals surface area (Å²) < 4.78 is 10.5. The van der Waals surface area contributed by atoms with Crippen LogP contribution in [0.3, 0.4) is 0 Å². The average molecular weight is 226 g/mol. The fourth-order valence-electron chi connectivity index (χ4n) is 1.43. The molecule has 1 aromatic rings. The molecule has 90 valence electrons. The molecular weight excluding hydrogens is 208 g/mol. The van der Waals surface area contributed by atoms with Crippen LogP contribution < -0.4 is 9.47 Å². The van der Waals surface area contributed by atoms with Crippen LogP contribution in [-0.4, -0.2) is 37.1 Å². The third-order valence-electron chi connectivity index (χ3n) is 2.20. The van der Waals surface area contributed by atoms with Gasteiger partial charge in [0.2, 0.25) is 0 Å². The molecule has 0 saturated carbocycles. The summed E-state index contributed by atoms with van der Waals surface area (Å²) in [6, 6.07) is 5.65. The van der Waals surface area contributed by atoms with E-state index < -0.39 is 0 Å². The number of hydrogen-bond acceptors (Lipinski definition) is 4. The van der Waals surface area contributed by atoms with Gasteiger partial charge >= 0.3 is 0 Å². The molecule has 0 amide bonds. The van der Waals surface area contributed by atoms with E-state index in [1.165, 1.54) is 0 Å². The fraction of sp³-hybridized carbons (Fsp3) is 0.500. The quantitative estimate of drug-likeness (QED) is 0.728. The van der Waals surface area contributed by atoms with Gasteiger partial charge in [-0.05, 0) is 30.5 Å². The summed E-state index contributed by atoms with van der Waals surface area (Å²) in [6.45, 7) is 0.423. The summed E-state index contributed by atoms with van der Waals surface area (Å²) in [6.07, 6.45) is 1.55. The van der Waals surface area contributed by atoms with Gasteiger partial charge in [-0.3, -0.25) is 0 Å². The van der Waals surface area contributed by atoms with Crippen LogP contribution in [0.15, 0.2) is 18.2 Å². The van der Waals surface area contributed by atoms with Crippen LogP contribution >= 0.6 is 0 Å².